The number of fused-ring (bicyclic) bond motifs is 1. The van der Waals surface area contributed by atoms with E-state index in [2.05, 4.69) is 14.9 Å². The molecule has 2 amide bonds. The Hall–Kier alpha value is -2.76. The summed E-state index contributed by atoms with van der Waals surface area (Å²) in [5, 5.41) is 0.550. The van der Waals surface area contributed by atoms with Crippen molar-refractivity contribution in [2.45, 2.75) is 39.8 Å². The minimum atomic E-state index is -4.28. The van der Waals surface area contributed by atoms with Crippen molar-refractivity contribution >= 4 is 29.1 Å². The number of amides is 2. The van der Waals surface area contributed by atoms with Gasteiger partial charge in [0.05, 0.1) is 29.4 Å². The first-order valence-electron chi connectivity index (χ1n) is 14.6. The van der Waals surface area contributed by atoms with Crippen LogP contribution in [0.2, 0.25) is 5.02 Å². The molecule has 3 atom stereocenters. The van der Waals surface area contributed by atoms with Crippen molar-refractivity contribution in [3.05, 3.63) is 52.1 Å². The molecular weight excluding hydrogens is 569 g/mol. The molecule has 1 aromatic carbocycles. The summed E-state index contributed by atoms with van der Waals surface area (Å²) >= 11 is 6.39. The summed E-state index contributed by atoms with van der Waals surface area (Å²) in [7, 11) is 0. The van der Waals surface area contributed by atoms with Crippen LogP contribution in [0.15, 0.2) is 24.5 Å². The molecule has 5 rings (SSSR count). The van der Waals surface area contributed by atoms with Crippen LogP contribution in [-0.2, 0) is 4.79 Å². The highest BCUT2D eigenvalue weighted by Crippen LogP contribution is 2.33. The minimum Gasteiger partial charge on any atom is -0.338 e. The van der Waals surface area contributed by atoms with Crippen LogP contribution in [0.1, 0.15) is 40.2 Å². The topological polar surface area (TPSA) is 72.9 Å². The molecule has 12 heteroatoms. The number of alkyl halides is 3. The van der Waals surface area contributed by atoms with Gasteiger partial charge in [0.25, 0.3) is 5.91 Å². The predicted octanol–water partition coefficient (Wildman–Crippen LogP) is 4.37. The van der Waals surface area contributed by atoms with E-state index in [-0.39, 0.29) is 24.9 Å². The van der Waals surface area contributed by atoms with Gasteiger partial charge in [-0.2, -0.15) is 13.2 Å². The van der Waals surface area contributed by atoms with Crippen LogP contribution in [-0.4, -0.2) is 102 Å². The largest absolute Gasteiger partial charge is 0.401 e. The minimum absolute atomic E-state index is 0.00169. The van der Waals surface area contributed by atoms with Crippen molar-refractivity contribution in [3.63, 3.8) is 0 Å². The molecule has 2 aromatic rings. The summed E-state index contributed by atoms with van der Waals surface area (Å²) in [5.41, 5.74) is 3.56. The van der Waals surface area contributed by atoms with Gasteiger partial charge in [0.15, 0.2) is 0 Å². The second-order valence-corrected chi connectivity index (χ2v) is 12.4. The number of anilines is 1. The van der Waals surface area contributed by atoms with E-state index in [4.69, 9.17) is 11.6 Å². The van der Waals surface area contributed by atoms with Gasteiger partial charge in [0, 0.05) is 50.0 Å². The van der Waals surface area contributed by atoms with Crippen LogP contribution in [0.25, 0.3) is 0 Å². The fourth-order valence-electron chi connectivity index (χ4n) is 6.72. The van der Waals surface area contributed by atoms with Gasteiger partial charge < -0.3 is 14.7 Å². The van der Waals surface area contributed by atoms with Crippen molar-refractivity contribution in [3.8, 4) is 0 Å². The number of aromatic nitrogens is 2. The van der Waals surface area contributed by atoms with Gasteiger partial charge in [0.1, 0.15) is 6.33 Å². The predicted molar refractivity (Wildman–Crippen MR) is 155 cm³/mol. The summed E-state index contributed by atoms with van der Waals surface area (Å²) in [5.74, 6) is 0.155. The highest BCUT2D eigenvalue weighted by molar-refractivity contribution is 6.31. The standard InChI is InChI=1S/C30H38ClF3N6O2/c1-19-5-6-25(11-26(19)31)40(28(41)22-7-10-38(12-22)17-30(32,33)34)9-4-8-37-13-23-15-39(16-24(23)14-37)29(42)27-20(2)35-18-36-21(27)3/h5-6,11,18,22-24H,4,7-10,12-17H2,1-3H3. The molecule has 3 aliphatic rings. The Balaban J connectivity index is 1.17. The van der Waals surface area contributed by atoms with E-state index in [9.17, 15) is 22.8 Å². The molecule has 3 aliphatic heterocycles. The monoisotopic (exact) mass is 606 g/mol. The normalized spacial score (nSPS) is 23.0. The van der Waals surface area contributed by atoms with E-state index in [0.29, 0.717) is 65.6 Å². The lowest BCUT2D eigenvalue weighted by Gasteiger charge is -2.28. The van der Waals surface area contributed by atoms with Crippen molar-refractivity contribution in [1.82, 2.24) is 24.7 Å². The van der Waals surface area contributed by atoms with Gasteiger partial charge in [-0.25, -0.2) is 9.97 Å². The average Bonchev–Trinajstić information content (AvgIpc) is 3.62. The van der Waals surface area contributed by atoms with Crippen LogP contribution < -0.4 is 4.90 Å². The zero-order valence-corrected chi connectivity index (χ0v) is 25.1. The number of likely N-dealkylation sites (tertiary alicyclic amines) is 3. The molecule has 0 saturated carbocycles. The molecule has 3 saturated heterocycles. The molecule has 0 N–H and O–H groups in total. The fraction of sp³-hybridized carbons (Fsp3) is 0.600. The molecule has 1 aromatic heterocycles. The Morgan fingerprint density at radius 3 is 2.29 bits per heavy atom. The van der Waals surface area contributed by atoms with Gasteiger partial charge in [-0.05, 0) is 76.2 Å². The number of aryl methyl sites for hydroxylation is 3. The van der Waals surface area contributed by atoms with Gasteiger partial charge in [-0.1, -0.05) is 17.7 Å². The lowest BCUT2D eigenvalue weighted by molar-refractivity contribution is -0.144. The zero-order valence-electron chi connectivity index (χ0n) is 24.3. The number of hydrogen-bond donors (Lipinski definition) is 0. The quantitative estimate of drug-likeness (QED) is 0.445. The van der Waals surface area contributed by atoms with Crippen molar-refractivity contribution in [2.75, 3.05) is 63.8 Å². The van der Waals surface area contributed by atoms with Crippen LogP contribution in [0, 0.1) is 38.5 Å². The molecule has 0 aliphatic carbocycles. The molecule has 0 radical (unpaired) electrons. The lowest BCUT2D eigenvalue weighted by Crippen LogP contribution is -2.40. The Kier molecular flexibility index (Phi) is 9.10. The molecule has 0 spiro atoms. The van der Waals surface area contributed by atoms with Gasteiger partial charge in [0.2, 0.25) is 5.91 Å². The molecule has 228 valence electrons. The summed E-state index contributed by atoms with van der Waals surface area (Å²) < 4.78 is 38.8. The van der Waals surface area contributed by atoms with E-state index in [1.165, 1.54) is 11.2 Å². The molecule has 3 fully saturated rings. The van der Waals surface area contributed by atoms with Crippen molar-refractivity contribution in [1.29, 1.82) is 0 Å². The summed E-state index contributed by atoms with van der Waals surface area (Å²) in [6.07, 6.45) is -1.67. The zero-order chi connectivity index (χ0) is 30.2. The van der Waals surface area contributed by atoms with Gasteiger partial charge in [-0.3, -0.25) is 14.5 Å². The third-order valence-corrected chi connectivity index (χ3v) is 9.31. The SMILES string of the molecule is Cc1ccc(N(CCCN2CC3CN(C(=O)c4c(C)ncnc4C)CC3C2)C(=O)C2CCN(CC(F)(F)F)C2)cc1Cl. The lowest BCUT2D eigenvalue weighted by atomic mass is 10.0. The Labute approximate surface area is 249 Å². The first kappa shape index (κ1) is 30.7. The fourth-order valence-corrected chi connectivity index (χ4v) is 6.89. The van der Waals surface area contributed by atoms with E-state index in [0.717, 1.165) is 31.6 Å². The van der Waals surface area contributed by atoms with Gasteiger partial charge >= 0.3 is 6.18 Å². The maximum atomic E-state index is 13.6. The number of hydrogen-bond acceptors (Lipinski definition) is 6. The number of nitrogens with zero attached hydrogens (tertiary/aromatic N) is 6. The molecule has 42 heavy (non-hydrogen) atoms. The molecular formula is C30H38ClF3N6O2. The van der Waals surface area contributed by atoms with Crippen LogP contribution >= 0.6 is 11.6 Å². The Morgan fingerprint density at radius 1 is 1.00 bits per heavy atom. The summed E-state index contributed by atoms with van der Waals surface area (Å²) in [4.78, 5) is 42.6. The highest BCUT2D eigenvalue weighted by Gasteiger charge is 2.42. The van der Waals surface area contributed by atoms with E-state index in [1.54, 1.807) is 11.0 Å². The first-order valence-corrected chi connectivity index (χ1v) is 14.9. The maximum Gasteiger partial charge on any atom is 0.401 e. The van der Waals surface area contributed by atoms with Crippen LogP contribution in [0.4, 0.5) is 18.9 Å². The first-order chi connectivity index (χ1) is 19.9. The highest BCUT2D eigenvalue weighted by atomic mass is 35.5. The third-order valence-electron chi connectivity index (χ3n) is 8.90. The smallest absolute Gasteiger partial charge is 0.338 e. The van der Waals surface area contributed by atoms with Crippen LogP contribution in [0.3, 0.4) is 0 Å². The molecule has 4 heterocycles. The van der Waals surface area contributed by atoms with E-state index < -0.39 is 18.6 Å². The van der Waals surface area contributed by atoms with E-state index >= 15 is 0 Å². The molecule has 0 bridgehead atoms. The molecule has 8 nitrogen and oxygen atoms in total. The molecule has 3 unspecified atom stereocenters. The van der Waals surface area contributed by atoms with E-state index in [1.807, 2.05) is 37.8 Å². The third kappa shape index (κ3) is 6.89. The van der Waals surface area contributed by atoms with Crippen LogP contribution in [0.5, 0.6) is 0 Å². The second kappa shape index (κ2) is 12.5. The number of carbonyl (C=O) groups is 2. The van der Waals surface area contributed by atoms with Gasteiger partial charge in [-0.15, -0.1) is 0 Å². The number of rotatable bonds is 8. The number of benzene rings is 1. The summed E-state index contributed by atoms with van der Waals surface area (Å²) in [6.45, 7) is 9.36. The Morgan fingerprint density at radius 2 is 1.67 bits per heavy atom. The van der Waals surface area contributed by atoms with Crippen molar-refractivity contribution < 1.29 is 22.8 Å². The number of halogens is 4. The summed E-state index contributed by atoms with van der Waals surface area (Å²) in [6, 6.07) is 5.49. The Bertz CT molecular complexity index is 1290. The second-order valence-electron chi connectivity index (χ2n) is 12.0. The maximum absolute atomic E-state index is 13.6. The number of carbonyl (C=O) groups excluding carboxylic acids is 2. The van der Waals surface area contributed by atoms with Crippen molar-refractivity contribution in [2.24, 2.45) is 17.8 Å². The average molecular weight is 607 g/mol.